The Kier molecular flexibility index (Phi) is 7.23. The molecule has 1 fully saturated rings. The SMILES string of the molecule is Cc1cc(=O)c(C(=O)NCc2cnc3ccccc3c2)c(CCc2ccccc2)n1C[C@H]1CCCO1. The van der Waals surface area contributed by atoms with Crippen molar-refractivity contribution in [2.45, 2.75) is 51.8 Å². The van der Waals surface area contributed by atoms with E-state index in [9.17, 15) is 9.59 Å². The quantitative estimate of drug-likeness (QED) is 0.399. The van der Waals surface area contributed by atoms with E-state index in [0.717, 1.165) is 53.7 Å². The van der Waals surface area contributed by atoms with Gasteiger partial charge in [-0.1, -0.05) is 48.5 Å². The molecule has 2 aromatic carbocycles. The van der Waals surface area contributed by atoms with Crippen LogP contribution in [0.15, 0.2) is 77.7 Å². The van der Waals surface area contributed by atoms with Gasteiger partial charge in [0.15, 0.2) is 5.43 Å². The van der Waals surface area contributed by atoms with Crippen molar-refractivity contribution in [1.82, 2.24) is 14.9 Å². The van der Waals surface area contributed by atoms with Crippen LogP contribution in [0.25, 0.3) is 10.9 Å². The first-order valence-electron chi connectivity index (χ1n) is 12.6. The number of carbonyl (C=O) groups is 1. The fourth-order valence-corrected chi connectivity index (χ4v) is 4.97. The summed E-state index contributed by atoms with van der Waals surface area (Å²) in [5.41, 5.74) is 4.58. The highest BCUT2D eigenvalue weighted by molar-refractivity contribution is 5.95. The number of aromatic nitrogens is 2. The van der Waals surface area contributed by atoms with Gasteiger partial charge in [-0.05, 0) is 55.9 Å². The van der Waals surface area contributed by atoms with E-state index in [4.69, 9.17) is 4.74 Å². The zero-order chi connectivity index (χ0) is 24.9. The van der Waals surface area contributed by atoms with Crippen LogP contribution in [-0.2, 0) is 30.7 Å². The summed E-state index contributed by atoms with van der Waals surface area (Å²) in [6.07, 6.45) is 5.22. The molecular formula is C30H31N3O3. The number of rotatable bonds is 8. The third kappa shape index (κ3) is 5.39. The van der Waals surface area contributed by atoms with Crippen LogP contribution in [0.3, 0.4) is 0 Å². The summed E-state index contributed by atoms with van der Waals surface area (Å²) in [7, 11) is 0. The van der Waals surface area contributed by atoms with Crippen LogP contribution >= 0.6 is 0 Å². The Morgan fingerprint density at radius 3 is 2.67 bits per heavy atom. The van der Waals surface area contributed by atoms with Gasteiger partial charge in [0.25, 0.3) is 5.91 Å². The summed E-state index contributed by atoms with van der Waals surface area (Å²) in [4.78, 5) is 31.1. The first-order valence-corrected chi connectivity index (χ1v) is 12.6. The van der Waals surface area contributed by atoms with E-state index < -0.39 is 0 Å². The molecule has 0 unspecified atom stereocenters. The molecule has 2 aromatic heterocycles. The molecule has 1 saturated heterocycles. The Bertz CT molecular complexity index is 1420. The lowest BCUT2D eigenvalue weighted by Gasteiger charge is -2.22. The summed E-state index contributed by atoms with van der Waals surface area (Å²) in [6, 6.07) is 21.6. The summed E-state index contributed by atoms with van der Waals surface area (Å²) in [6.45, 7) is 3.64. The molecule has 0 spiro atoms. The van der Waals surface area contributed by atoms with E-state index in [-0.39, 0.29) is 23.0 Å². The minimum atomic E-state index is -0.350. The zero-order valence-corrected chi connectivity index (χ0v) is 20.6. The molecule has 4 aromatic rings. The molecule has 0 saturated carbocycles. The molecule has 1 atom stereocenters. The minimum Gasteiger partial charge on any atom is -0.376 e. The van der Waals surface area contributed by atoms with Gasteiger partial charge in [0.1, 0.15) is 5.56 Å². The molecule has 1 aliphatic rings. The average molecular weight is 482 g/mol. The van der Waals surface area contributed by atoms with E-state index in [1.165, 1.54) is 5.56 Å². The molecule has 3 heterocycles. The van der Waals surface area contributed by atoms with Crippen LogP contribution < -0.4 is 10.7 Å². The Balaban J connectivity index is 1.44. The summed E-state index contributed by atoms with van der Waals surface area (Å²) < 4.78 is 8.01. The minimum absolute atomic E-state index is 0.0984. The van der Waals surface area contributed by atoms with Crippen molar-refractivity contribution in [3.63, 3.8) is 0 Å². The monoisotopic (exact) mass is 481 g/mol. The third-order valence-corrected chi connectivity index (χ3v) is 6.86. The normalized spacial score (nSPS) is 15.3. The van der Waals surface area contributed by atoms with E-state index in [2.05, 4.69) is 27.0 Å². The Morgan fingerprint density at radius 2 is 1.86 bits per heavy atom. The first kappa shape index (κ1) is 23.9. The van der Waals surface area contributed by atoms with Gasteiger partial charge < -0.3 is 14.6 Å². The lowest BCUT2D eigenvalue weighted by atomic mass is 10.0. The van der Waals surface area contributed by atoms with Crippen molar-refractivity contribution in [2.75, 3.05) is 6.61 Å². The van der Waals surface area contributed by atoms with Crippen molar-refractivity contribution < 1.29 is 9.53 Å². The van der Waals surface area contributed by atoms with Gasteiger partial charge in [0, 0.05) is 48.7 Å². The molecule has 1 N–H and O–H groups in total. The number of nitrogens with one attached hydrogen (secondary N) is 1. The predicted molar refractivity (Wildman–Crippen MR) is 141 cm³/mol. The topological polar surface area (TPSA) is 73.2 Å². The molecule has 6 nitrogen and oxygen atoms in total. The van der Waals surface area contributed by atoms with Crippen molar-refractivity contribution in [1.29, 1.82) is 0 Å². The molecule has 0 aliphatic carbocycles. The van der Waals surface area contributed by atoms with Crippen molar-refractivity contribution >= 4 is 16.8 Å². The number of pyridine rings is 2. The molecule has 1 amide bonds. The Morgan fingerprint density at radius 1 is 1.06 bits per heavy atom. The Hall–Kier alpha value is -3.77. The van der Waals surface area contributed by atoms with Gasteiger partial charge in [-0.3, -0.25) is 14.6 Å². The maximum atomic E-state index is 13.5. The molecular weight excluding hydrogens is 450 g/mol. The van der Waals surface area contributed by atoms with E-state index in [0.29, 0.717) is 19.5 Å². The highest BCUT2D eigenvalue weighted by Crippen LogP contribution is 2.20. The van der Waals surface area contributed by atoms with Gasteiger partial charge in [0.2, 0.25) is 0 Å². The predicted octanol–water partition coefficient (Wildman–Crippen LogP) is 4.60. The van der Waals surface area contributed by atoms with Gasteiger partial charge in [-0.2, -0.15) is 0 Å². The van der Waals surface area contributed by atoms with Crippen LogP contribution in [0, 0.1) is 6.92 Å². The van der Waals surface area contributed by atoms with Gasteiger partial charge >= 0.3 is 0 Å². The highest BCUT2D eigenvalue weighted by Gasteiger charge is 2.23. The number of ether oxygens (including phenoxy) is 1. The first-order chi connectivity index (χ1) is 17.6. The van der Waals surface area contributed by atoms with Crippen molar-refractivity contribution in [3.8, 4) is 0 Å². The molecule has 5 rings (SSSR count). The fourth-order valence-electron chi connectivity index (χ4n) is 4.97. The summed E-state index contributed by atoms with van der Waals surface area (Å²) >= 11 is 0. The van der Waals surface area contributed by atoms with Gasteiger partial charge in [-0.15, -0.1) is 0 Å². The molecule has 0 bridgehead atoms. The molecule has 184 valence electrons. The molecule has 1 aliphatic heterocycles. The molecule has 6 heteroatoms. The number of para-hydroxylation sites is 1. The number of benzene rings is 2. The summed E-state index contributed by atoms with van der Waals surface area (Å²) in [5.74, 6) is -0.350. The van der Waals surface area contributed by atoms with Gasteiger partial charge in [-0.25, -0.2) is 0 Å². The van der Waals surface area contributed by atoms with E-state index in [1.54, 1.807) is 12.3 Å². The number of aryl methyl sites for hydroxylation is 2. The fraction of sp³-hybridized carbons (Fsp3) is 0.300. The standard InChI is InChI=1S/C30H31N3O3/c1-21-16-28(34)29(30(35)32-19-23-17-24-10-5-6-12-26(24)31-18-23)27(14-13-22-8-3-2-4-9-22)33(21)20-25-11-7-15-36-25/h2-6,8-10,12,16-18,25H,7,11,13-15,19-20H2,1H3,(H,32,35)/t25-/m1/s1. The smallest absolute Gasteiger partial charge is 0.257 e. The zero-order valence-electron chi connectivity index (χ0n) is 20.6. The van der Waals surface area contributed by atoms with Crippen LogP contribution in [0.5, 0.6) is 0 Å². The number of amides is 1. The molecule has 36 heavy (non-hydrogen) atoms. The second-order valence-corrected chi connectivity index (χ2v) is 9.42. The second kappa shape index (κ2) is 10.9. The van der Waals surface area contributed by atoms with Gasteiger partial charge in [0.05, 0.1) is 11.6 Å². The van der Waals surface area contributed by atoms with Crippen LogP contribution in [0.2, 0.25) is 0 Å². The third-order valence-electron chi connectivity index (χ3n) is 6.86. The maximum Gasteiger partial charge on any atom is 0.257 e. The van der Waals surface area contributed by atoms with E-state index >= 15 is 0 Å². The number of hydrogen-bond acceptors (Lipinski definition) is 4. The number of carbonyl (C=O) groups excluding carboxylic acids is 1. The van der Waals surface area contributed by atoms with Crippen molar-refractivity contribution in [3.05, 3.63) is 111 Å². The van der Waals surface area contributed by atoms with Crippen molar-refractivity contribution in [2.24, 2.45) is 0 Å². The van der Waals surface area contributed by atoms with Crippen LogP contribution in [-0.4, -0.2) is 28.2 Å². The number of nitrogens with zero attached hydrogens (tertiary/aromatic N) is 2. The lowest BCUT2D eigenvalue weighted by molar-refractivity contribution is 0.0925. The van der Waals surface area contributed by atoms with E-state index in [1.807, 2.05) is 55.5 Å². The largest absolute Gasteiger partial charge is 0.376 e. The molecule has 0 radical (unpaired) electrons. The number of hydrogen-bond donors (Lipinski definition) is 1. The Labute approximate surface area is 211 Å². The second-order valence-electron chi connectivity index (χ2n) is 9.42. The van der Waals surface area contributed by atoms with Crippen LogP contribution in [0.1, 0.15) is 45.7 Å². The highest BCUT2D eigenvalue weighted by atomic mass is 16.5. The lowest BCUT2D eigenvalue weighted by Crippen LogP contribution is -2.34. The summed E-state index contributed by atoms with van der Waals surface area (Å²) in [5, 5.41) is 3.99. The number of fused-ring (bicyclic) bond motifs is 1. The van der Waals surface area contributed by atoms with Crippen LogP contribution in [0.4, 0.5) is 0 Å². The maximum absolute atomic E-state index is 13.5. The average Bonchev–Trinajstić information content (AvgIpc) is 3.41.